The van der Waals surface area contributed by atoms with Gasteiger partial charge in [-0.25, -0.2) is 0 Å². The van der Waals surface area contributed by atoms with Crippen LogP contribution in [0.4, 0.5) is 5.69 Å². The minimum atomic E-state index is -0.509. The zero-order valence-electron chi connectivity index (χ0n) is 15.9. The molecule has 2 saturated heterocycles. The van der Waals surface area contributed by atoms with Crippen molar-refractivity contribution in [3.8, 4) is 0 Å². The quantitative estimate of drug-likeness (QED) is 0.811. The van der Waals surface area contributed by atoms with Gasteiger partial charge >= 0.3 is 0 Å². The predicted molar refractivity (Wildman–Crippen MR) is 112 cm³/mol. The Bertz CT molecular complexity index is 819. The second-order valence-corrected chi connectivity index (χ2v) is 8.05. The first-order valence-corrected chi connectivity index (χ1v) is 10.3. The fraction of sp³-hybridized carbons (Fsp3) is 0.409. The molecule has 0 aliphatic carbocycles. The number of nitrogens with zero attached hydrogens (tertiary/aromatic N) is 2. The number of carbonyl (C=O) groups excluding carboxylic acids is 1. The molecule has 2 aliphatic rings. The minimum absolute atomic E-state index is 0.110. The van der Waals surface area contributed by atoms with Crippen molar-refractivity contribution >= 4 is 23.2 Å². The monoisotopic (exact) mass is 399 g/mol. The average molecular weight is 400 g/mol. The van der Waals surface area contributed by atoms with Gasteiger partial charge in [-0.3, -0.25) is 9.69 Å². The molecular formula is C22H26ClN3O2. The molecule has 2 atom stereocenters. The Morgan fingerprint density at radius 1 is 1.11 bits per heavy atom. The van der Waals surface area contributed by atoms with E-state index in [-0.39, 0.29) is 11.9 Å². The van der Waals surface area contributed by atoms with Gasteiger partial charge in [0.25, 0.3) is 0 Å². The lowest BCUT2D eigenvalue weighted by atomic mass is 10.0. The smallest absolute Gasteiger partial charge is 0.220 e. The third kappa shape index (κ3) is 4.49. The van der Waals surface area contributed by atoms with E-state index in [0.717, 1.165) is 54.4 Å². The summed E-state index contributed by atoms with van der Waals surface area (Å²) in [7, 11) is 0. The average Bonchev–Trinajstić information content (AvgIpc) is 3.15. The first kappa shape index (κ1) is 19.2. The maximum absolute atomic E-state index is 11.4. The SMILES string of the molecule is O=C1CCC(c2ccc(C(O)CN3CCN(c4cccc(Cl)c4)CC3)cc2)N1. The van der Waals surface area contributed by atoms with Crippen LogP contribution in [-0.2, 0) is 4.79 Å². The number of piperazine rings is 1. The number of carbonyl (C=O) groups is 1. The first-order chi connectivity index (χ1) is 13.6. The summed E-state index contributed by atoms with van der Waals surface area (Å²) < 4.78 is 0. The number of aliphatic hydroxyl groups excluding tert-OH is 1. The molecule has 4 rings (SSSR count). The van der Waals surface area contributed by atoms with E-state index in [1.165, 1.54) is 0 Å². The molecule has 0 radical (unpaired) electrons. The van der Waals surface area contributed by atoms with Gasteiger partial charge in [0, 0.05) is 49.9 Å². The zero-order valence-corrected chi connectivity index (χ0v) is 16.6. The Balaban J connectivity index is 1.29. The third-order valence-corrected chi connectivity index (χ3v) is 5.93. The molecule has 0 bridgehead atoms. The van der Waals surface area contributed by atoms with E-state index in [1.54, 1.807) is 0 Å². The Morgan fingerprint density at radius 2 is 1.86 bits per heavy atom. The van der Waals surface area contributed by atoms with Crippen LogP contribution < -0.4 is 10.2 Å². The van der Waals surface area contributed by atoms with Gasteiger partial charge in [0.15, 0.2) is 0 Å². The van der Waals surface area contributed by atoms with Gasteiger partial charge in [-0.05, 0) is 35.7 Å². The summed E-state index contributed by atoms with van der Waals surface area (Å²) in [5.41, 5.74) is 3.18. The Kier molecular flexibility index (Phi) is 5.85. The minimum Gasteiger partial charge on any atom is -0.387 e. The van der Waals surface area contributed by atoms with Crippen LogP contribution in [0.3, 0.4) is 0 Å². The molecule has 1 amide bonds. The molecule has 0 spiro atoms. The van der Waals surface area contributed by atoms with Crippen molar-refractivity contribution in [1.29, 1.82) is 0 Å². The van der Waals surface area contributed by atoms with Crippen molar-refractivity contribution in [2.45, 2.75) is 25.0 Å². The number of anilines is 1. The zero-order chi connectivity index (χ0) is 19.5. The van der Waals surface area contributed by atoms with Crippen molar-refractivity contribution < 1.29 is 9.90 Å². The standard InChI is InChI=1S/C22H26ClN3O2/c23-18-2-1-3-19(14-18)26-12-10-25(11-13-26)15-21(27)17-6-4-16(5-7-17)20-8-9-22(28)24-20/h1-7,14,20-21,27H,8-13,15H2,(H,24,28). The fourth-order valence-electron chi connectivity index (χ4n) is 4.03. The molecule has 6 heteroatoms. The molecule has 0 saturated carbocycles. The van der Waals surface area contributed by atoms with Crippen molar-refractivity contribution in [3.63, 3.8) is 0 Å². The summed E-state index contributed by atoms with van der Waals surface area (Å²) >= 11 is 6.10. The van der Waals surface area contributed by atoms with Gasteiger partial charge in [0.1, 0.15) is 0 Å². The van der Waals surface area contributed by atoms with E-state index < -0.39 is 6.10 Å². The van der Waals surface area contributed by atoms with E-state index in [4.69, 9.17) is 11.6 Å². The van der Waals surface area contributed by atoms with Gasteiger partial charge in [-0.15, -0.1) is 0 Å². The number of rotatable bonds is 5. The maximum Gasteiger partial charge on any atom is 0.220 e. The summed E-state index contributed by atoms with van der Waals surface area (Å²) in [4.78, 5) is 16.0. The molecule has 28 heavy (non-hydrogen) atoms. The van der Waals surface area contributed by atoms with Crippen molar-refractivity contribution in [3.05, 3.63) is 64.7 Å². The normalized spacial score (nSPS) is 21.6. The van der Waals surface area contributed by atoms with E-state index in [1.807, 2.05) is 42.5 Å². The largest absolute Gasteiger partial charge is 0.387 e. The second-order valence-electron chi connectivity index (χ2n) is 7.61. The number of halogens is 1. The second kappa shape index (κ2) is 8.52. The Labute approximate surface area is 170 Å². The van der Waals surface area contributed by atoms with Crippen LogP contribution in [0.1, 0.15) is 36.1 Å². The van der Waals surface area contributed by atoms with Crippen LogP contribution in [0.5, 0.6) is 0 Å². The number of hydrogen-bond acceptors (Lipinski definition) is 4. The lowest BCUT2D eigenvalue weighted by Crippen LogP contribution is -2.47. The number of hydrogen-bond donors (Lipinski definition) is 2. The summed E-state index contributed by atoms with van der Waals surface area (Å²) in [5.74, 6) is 0.117. The Morgan fingerprint density at radius 3 is 2.50 bits per heavy atom. The summed E-state index contributed by atoms with van der Waals surface area (Å²) in [5, 5.41) is 14.4. The van der Waals surface area contributed by atoms with E-state index >= 15 is 0 Å². The lowest BCUT2D eigenvalue weighted by molar-refractivity contribution is -0.119. The number of benzene rings is 2. The Hall–Kier alpha value is -2.08. The molecule has 2 fully saturated rings. The van der Waals surface area contributed by atoms with Gasteiger partial charge < -0.3 is 15.3 Å². The van der Waals surface area contributed by atoms with E-state index in [0.29, 0.717) is 13.0 Å². The fourth-order valence-corrected chi connectivity index (χ4v) is 4.21. The summed E-state index contributed by atoms with van der Waals surface area (Å²) in [6.07, 6.45) is 0.929. The molecule has 2 aromatic carbocycles. The number of β-amino-alcohol motifs (C(OH)–C–C–N with tert-alkyl or cyclic N) is 1. The van der Waals surface area contributed by atoms with Gasteiger partial charge in [-0.1, -0.05) is 41.9 Å². The van der Waals surface area contributed by atoms with Gasteiger partial charge in [0.05, 0.1) is 12.1 Å². The molecule has 148 valence electrons. The molecule has 2 aliphatic heterocycles. The van der Waals surface area contributed by atoms with E-state index in [9.17, 15) is 9.90 Å². The number of amides is 1. The topological polar surface area (TPSA) is 55.8 Å². The summed E-state index contributed by atoms with van der Waals surface area (Å²) in [6.45, 7) is 4.30. The molecule has 2 aromatic rings. The predicted octanol–water partition coefficient (Wildman–Crippen LogP) is 3.15. The van der Waals surface area contributed by atoms with Gasteiger partial charge in [-0.2, -0.15) is 0 Å². The molecule has 5 nitrogen and oxygen atoms in total. The van der Waals surface area contributed by atoms with Crippen LogP contribution >= 0.6 is 11.6 Å². The number of aliphatic hydroxyl groups is 1. The van der Waals surface area contributed by atoms with Crippen LogP contribution in [-0.4, -0.2) is 48.6 Å². The maximum atomic E-state index is 11.4. The third-order valence-electron chi connectivity index (χ3n) is 5.70. The highest BCUT2D eigenvalue weighted by Gasteiger charge is 2.23. The van der Waals surface area contributed by atoms with Crippen LogP contribution in [0.15, 0.2) is 48.5 Å². The first-order valence-electron chi connectivity index (χ1n) is 9.88. The molecule has 2 unspecified atom stereocenters. The van der Waals surface area contributed by atoms with Crippen molar-refractivity contribution in [2.24, 2.45) is 0 Å². The molecule has 0 aromatic heterocycles. The lowest BCUT2D eigenvalue weighted by Gasteiger charge is -2.37. The molecule has 2 heterocycles. The van der Waals surface area contributed by atoms with Crippen LogP contribution in [0, 0.1) is 0 Å². The van der Waals surface area contributed by atoms with Crippen molar-refractivity contribution in [1.82, 2.24) is 10.2 Å². The van der Waals surface area contributed by atoms with Crippen molar-refractivity contribution in [2.75, 3.05) is 37.6 Å². The molecular weight excluding hydrogens is 374 g/mol. The number of nitrogens with one attached hydrogen (secondary N) is 1. The van der Waals surface area contributed by atoms with Gasteiger partial charge in [0.2, 0.25) is 5.91 Å². The van der Waals surface area contributed by atoms with E-state index in [2.05, 4.69) is 21.2 Å². The van der Waals surface area contributed by atoms with Crippen LogP contribution in [0.25, 0.3) is 0 Å². The highest BCUT2D eigenvalue weighted by molar-refractivity contribution is 6.30. The summed E-state index contributed by atoms with van der Waals surface area (Å²) in [6, 6.07) is 16.1. The van der Waals surface area contributed by atoms with Crippen LogP contribution in [0.2, 0.25) is 5.02 Å². The highest BCUT2D eigenvalue weighted by atomic mass is 35.5. The highest BCUT2D eigenvalue weighted by Crippen LogP contribution is 2.26. The molecule has 2 N–H and O–H groups in total.